The Balaban J connectivity index is 2.30. The van der Waals surface area contributed by atoms with Gasteiger partial charge in [-0.25, -0.2) is 9.65 Å². The quantitative estimate of drug-likeness (QED) is 0.257. The van der Waals surface area contributed by atoms with E-state index in [0.717, 1.165) is 19.3 Å². The van der Waals surface area contributed by atoms with Crippen molar-refractivity contribution in [3.8, 4) is 0 Å². The van der Waals surface area contributed by atoms with Crippen LogP contribution in [0, 0.1) is 0 Å². The van der Waals surface area contributed by atoms with E-state index in [9.17, 15) is 13.7 Å². The lowest BCUT2D eigenvalue weighted by Crippen LogP contribution is -2.34. The second kappa shape index (κ2) is 13.6. The maximum absolute atomic E-state index is 12.6. The summed E-state index contributed by atoms with van der Waals surface area (Å²) in [4.78, 5) is 0. The summed E-state index contributed by atoms with van der Waals surface area (Å²) in [5.74, 6) is 0. The molecule has 1 aliphatic rings. The van der Waals surface area contributed by atoms with Crippen LogP contribution in [0.1, 0.15) is 40.0 Å². The number of hydrogen-bond donors (Lipinski definition) is 1. The lowest BCUT2D eigenvalue weighted by Gasteiger charge is -2.30. The van der Waals surface area contributed by atoms with E-state index in [-0.39, 0.29) is 32.2 Å². The minimum atomic E-state index is -3.82. The normalized spacial score (nSPS) is 23.7. The van der Waals surface area contributed by atoms with Crippen molar-refractivity contribution in [3.05, 3.63) is 0 Å². The molecule has 0 aromatic carbocycles. The molecule has 0 bridgehead atoms. The summed E-state index contributed by atoms with van der Waals surface area (Å²) in [6.07, 6.45) is 1.36. The highest BCUT2D eigenvalue weighted by atomic mass is 35.7. The van der Waals surface area contributed by atoms with E-state index in [4.69, 9.17) is 38.8 Å². The Morgan fingerprint density at radius 2 is 1.52 bits per heavy atom. The molecule has 0 amide bonds. The molecule has 0 aromatic heterocycles. The number of ether oxygens (including phenoxy) is 2. The standard InChI is InChI=1S/C17H37ClNO9P3/c1-14(10-23-4)28-31(18,22)25-12-16(3)26-29(5,20)13-24-11-15(2)27-30(6,21)19-17-8-7-9-17/h14-17H,7-13H2,1-6H3,(H,19,21). The van der Waals surface area contributed by atoms with Crippen LogP contribution in [0.4, 0.5) is 0 Å². The van der Waals surface area contributed by atoms with Crippen molar-refractivity contribution in [2.24, 2.45) is 0 Å². The van der Waals surface area contributed by atoms with Crippen LogP contribution >= 0.6 is 33.1 Å². The Kier molecular flexibility index (Phi) is 13.0. The van der Waals surface area contributed by atoms with Gasteiger partial charge in [-0.15, -0.1) is 0 Å². The van der Waals surface area contributed by atoms with Crippen LogP contribution in [0.2, 0.25) is 0 Å². The van der Waals surface area contributed by atoms with Gasteiger partial charge < -0.3 is 18.5 Å². The maximum Gasteiger partial charge on any atom is 0.424 e. The number of rotatable bonds is 17. The highest BCUT2D eigenvalue weighted by molar-refractivity contribution is 7.81. The van der Waals surface area contributed by atoms with Crippen molar-refractivity contribution in [1.82, 2.24) is 5.09 Å². The molecule has 0 radical (unpaired) electrons. The van der Waals surface area contributed by atoms with E-state index < -0.39 is 40.1 Å². The van der Waals surface area contributed by atoms with Crippen LogP contribution in [0.3, 0.4) is 0 Å². The zero-order chi connectivity index (χ0) is 23.7. The van der Waals surface area contributed by atoms with Crippen LogP contribution < -0.4 is 5.09 Å². The van der Waals surface area contributed by atoms with Crippen molar-refractivity contribution in [3.63, 3.8) is 0 Å². The third-order valence-electron chi connectivity index (χ3n) is 4.16. The third kappa shape index (κ3) is 13.9. The summed E-state index contributed by atoms with van der Waals surface area (Å²) in [7, 11) is -4.57. The van der Waals surface area contributed by atoms with Gasteiger partial charge in [0.1, 0.15) is 6.35 Å². The number of halogens is 1. The van der Waals surface area contributed by atoms with Gasteiger partial charge in [0.2, 0.25) is 7.37 Å². The number of methoxy groups -OCH3 is 1. The SMILES string of the molecule is COCC(C)OP(=O)(Cl)OCC(C)OP(C)(=O)COCC(C)OP(C)(=O)NC1CCC1. The minimum Gasteiger partial charge on any atom is -0.382 e. The van der Waals surface area contributed by atoms with E-state index in [1.165, 1.54) is 13.8 Å². The lowest BCUT2D eigenvalue weighted by atomic mass is 9.94. The molecule has 0 heterocycles. The van der Waals surface area contributed by atoms with Crippen LogP contribution in [-0.2, 0) is 41.3 Å². The molecule has 31 heavy (non-hydrogen) atoms. The Labute approximate surface area is 190 Å². The predicted molar refractivity (Wildman–Crippen MR) is 122 cm³/mol. The first-order valence-corrected chi connectivity index (χ1v) is 17.0. The topological polar surface area (TPSA) is 119 Å². The van der Waals surface area contributed by atoms with Gasteiger partial charge in [-0.3, -0.25) is 18.2 Å². The Hall–Kier alpha value is 0.700. The average molecular weight is 528 g/mol. The summed E-state index contributed by atoms with van der Waals surface area (Å²) in [5, 5.41) is 3.03. The summed E-state index contributed by atoms with van der Waals surface area (Å²) in [6.45, 7) is 4.28. The average Bonchev–Trinajstić information content (AvgIpc) is 2.55. The van der Waals surface area contributed by atoms with Crippen molar-refractivity contribution in [1.29, 1.82) is 0 Å². The zero-order valence-corrected chi connectivity index (χ0v) is 22.6. The van der Waals surface area contributed by atoms with Gasteiger partial charge in [0.05, 0.1) is 38.1 Å². The molecule has 0 saturated heterocycles. The Bertz CT molecular complexity index is 679. The fourth-order valence-electron chi connectivity index (χ4n) is 2.80. The summed E-state index contributed by atoms with van der Waals surface area (Å²) in [6, 6.07) is 0.244. The predicted octanol–water partition coefficient (Wildman–Crippen LogP) is 5.06. The highest BCUT2D eigenvalue weighted by Crippen LogP contribution is 2.55. The Morgan fingerprint density at radius 1 is 0.935 bits per heavy atom. The first-order valence-electron chi connectivity index (χ1n) is 10.2. The van der Waals surface area contributed by atoms with Crippen LogP contribution in [0.5, 0.6) is 0 Å². The number of hydrogen-bond acceptors (Lipinski definition) is 9. The molecule has 1 N–H and O–H groups in total. The molecule has 1 rings (SSSR count). The molecule has 6 atom stereocenters. The molecule has 186 valence electrons. The maximum atomic E-state index is 12.6. The van der Waals surface area contributed by atoms with Crippen molar-refractivity contribution < 1.29 is 41.3 Å². The summed E-state index contributed by atoms with van der Waals surface area (Å²) in [5.41, 5.74) is 0. The van der Waals surface area contributed by atoms with E-state index in [2.05, 4.69) is 5.09 Å². The molecule has 0 aliphatic heterocycles. The second-order valence-corrected chi connectivity index (χ2v) is 15.3. The molecule has 14 heteroatoms. The highest BCUT2D eigenvalue weighted by Gasteiger charge is 2.29. The first kappa shape index (κ1) is 29.7. The van der Waals surface area contributed by atoms with Gasteiger partial charge in [0.15, 0.2) is 0 Å². The molecule has 1 saturated carbocycles. The van der Waals surface area contributed by atoms with E-state index in [1.54, 1.807) is 27.4 Å². The van der Waals surface area contributed by atoms with E-state index in [0.29, 0.717) is 0 Å². The van der Waals surface area contributed by atoms with Gasteiger partial charge in [-0.2, -0.15) is 0 Å². The first-order chi connectivity index (χ1) is 14.2. The fraction of sp³-hybridized carbons (Fsp3) is 1.00. The molecular formula is C17H37ClNO9P3. The van der Waals surface area contributed by atoms with Crippen molar-refractivity contribution >= 4 is 33.1 Å². The fourth-order valence-corrected chi connectivity index (χ4v) is 7.37. The zero-order valence-electron chi connectivity index (χ0n) is 19.2. The van der Waals surface area contributed by atoms with Crippen LogP contribution in [0.25, 0.3) is 0 Å². The number of nitrogens with one attached hydrogen (secondary N) is 1. The molecular weight excluding hydrogens is 491 g/mol. The monoisotopic (exact) mass is 527 g/mol. The molecule has 10 nitrogen and oxygen atoms in total. The molecule has 1 aliphatic carbocycles. The lowest BCUT2D eigenvalue weighted by molar-refractivity contribution is 0.0631. The van der Waals surface area contributed by atoms with Gasteiger partial charge in [-0.1, -0.05) is 6.42 Å². The third-order valence-corrected chi connectivity index (χ3v) is 8.81. The van der Waals surface area contributed by atoms with E-state index >= 15 is 0 Å². The molecule has 0 spiro atoms. The van der Waals surface area contributed by atoms with Gasteiger partial charge in [0, 0.05) is 37.7 Å². The molecule has 0 aromatic rings. The van der Waals surface area contributed by atoms with E-state index in [1.807, 2.05) is 0 Å². The van der Waals surface area contributed by atoms with Crippen LogP contribution in [-0.4, -0.2) is 71.0 Å². The van der Waals surface area contributed by atoms with Gasteiger partial charge in [0.25, 0.3) is 7.52 Å². The molecule has 1 fully saturated rings. The van der Waals surface area contributed by atoms with Crippen molar-refractivity contribution in [2.75, 3.05) is 46.6 Å². The second-order valence-electron chi connectivity index (χ2n) is 8.05. The van der Waals surface area contributed by atoms with Gasteiger partial charge >= 0.3 is 6.95 Å². The smallest absolute Gasteiger partial charge is 0.382 e. The van der Waals surface area contributed by atoms with Crippen molar-refractivity contribution in [2.45, 2.75) is 64.4 Å². The summed E-state index contributed by atoms with van der Waals surface area (Å²) < 4.78 is 68.7. The molecule has 6 unspecified atom stereocenters. The minimum absolute atomic E-state index is 0.109. The van der Waals surface area contributed by atoms with Gasteiger partial charge in [-0.05, 0) is 33.6 Å². The van der Waals surface area contributed by atoms with Crippen LogP contribution in [0.15, 0.2) is 0 Å². The summed E-state index contributed by atoms with van der Waals surface area (Å²) >= 11 is 5.76. The Morgan fingerprint density at radius 3 is 2.06 bits per heavy atom. The largest absolute Gasteiger partial charge is 0.424 e.